The van der Waals surface area contributed by atoms with Crippen molar-refractivity contribution in [2.24, 2.45) is 0 Å². The predicted molar refractivity (Wildman–Crippen MR) is 58.0 cm³/mol. The molecule has 0 aliphatic heterocycles. The lowest BCUT2D eigenvalue weighted by Crippen LogP contribution is -2.23. The van der Waals surface area contributed by atoms with Crippen molar-refractivity contribution in [3.8, 4) is 0 Å². The molecule has 0 saturated heterocycles. The van der Waals surface area contributed by atoms with E-state index in [-0.39, 0.29) is 0 Å². The van der Waals surface area contributed by atoms with Crippen LogP contribution in [0.5, 0.6) is 0 Å². The molecule has 14 heavy (non-hydrogen) atoms. The molecule has 0 heterocycles. The van der Waals surface area contributed by atoms with Gasteiger partial charge in [-0.25, -0.2) is 8.78 Å². The number of alkyl halides is 2. The zero-order valence-electron chi connectivity index (χ0n) is 8.02. The van der Waals surface area contributed by atoms with E-state index in [4.69, 9.17) is 0 Å². The molecule has 1 rings (SSSR count). The van der Waals surface area contributed by atoms with E-state index in [2.05, 4.69) is 21.2 Å². The summed E-state index contributed by atoms with van der Waals surface area (Å²) in [6, 6.07) is 4.72. The highest BCUT2D eigenvalue weighted by Crippen LogP contribution is 2.20. The molecule has 0 radical (unpaired) electrons. The first kappa shape index (κ1) is 11.4. The van der Waals surface area contributed by atoms with Gasteiger partial charge in [-0.15, -0.1) is 0 Å². The van der Waals surface area contributed by atoms with Crippen LogP contribution in [0.2, 0.25) is 0 Å². The highest BCUT2D eigenvalue weighted by molar-refractivity contribution is 9.10. The van der Waals surface area contributed by atoms with Gasteiger partial charge in [0.1, 0.15) is 0 Å². The van der Waals surface area contributed by atoms with E-state index >= 15 is 0 Å². The Balaban J connectivity index is 2.76. The van der Waals surface area contributed by atoms with Crippen LogP contribution in [0.4, 0.5) is 14.5 Å². The molecule has 78 valence electrons. The standard InChI is InChI=1S/C10H12BrF2N/c1-6-3-8(11)5-9(4-6)14-7(2)10(12)13/h3-5,7,10,14H,1-2H3. The highest BCUT2D eigenvalue weighted by atomic mass is 79.9. The maximum absolute atomic E-state index is 12.2. The molecule has 1 aromatic carbocycles. The summed E-state index contributed by atoms with van der Waals surface area (Å²) in [5, 5.41) is 2.74. The van der Waals surface area contributed by atoms with Gasteiger partial charge in [0.2, 0.25) is 0 Å². The average molecular weight is 264 g/mol. The van der Waals surface area contributed by atoms with Crippen LogP contribution in [-0.2, 0) is 0 Å². The molecule has 0 aliphatic rings. The van der Waals surface area contributed by atoms with Crippen LogP contribution in [0, 0.1) is 6.92 Å². The maximum Gasteiger partial charge on any atom is 0.258 e. The van der Waals surface area contributed by atoms with Gasteiger partial charge in [-0.05, 0) is 37.6 Å². The summed E-state index contributed by atoms with van der Waals surface area (Å²) in [7, 11) is 0. The number of hydrogen-bond donors (Lipinski definition) is 1. The second-order valence-corrected chi connectivity index (χ2v) is 4.20. The SMILES string of the molecule is Cc1cc(Br)cc(NC(C)C(F)F)c1. The number of anilines is 1. The third-order valence-electron chi connectivity index (χ3n) is 1.81. The van der Waals surface area contributed by atoms with Crippen LogP contribution < -0.4 is 5.32 Å². The van der Waals surface area contributed by atoms with Gasteiger partial charge in [-0.3, -0.25) is 0 Å². The zero-order valence-corrected chi connectivity index (χ0v) is 9.61. The zero-order chi connectivity index (χ0) is 10.7. The van der Waals surface area contributed by atoms with Crippen molar-refractivity contribution in [2.45, 2.75) is 26.3 Å². The van der Waals surface area contributed by atoms with E-state index in [0.29, 0.717) is 5.69 Å². The number of halogens is 3. The van der Waals surface area contributed by atoms with E-state index in [1.165, 1.54) is 6.92 Å². The summed E-state index contributed by atoms with van der Waals surface area (Å²) in [5.74, 6) is 0. The molecule has 1 aromatic rings. The van der Waals surface area contributed by atoms with Crippen molar-refractivity contribution < 1.29 is 8.78 Å². The van der Waals surface area contributed by atoms with Gasteiger partial charge in [0, 0.05) is 10.2 Å². The number of aryl methyl sites for hydroxylation is 1. The molecular formula is C10H12BrF2N. The van der Waals surface area contributed by atoms with Crippen molar-refractivity contribution in [3.63, 3.8) is 0 Å². The van der Waals surface area contributed by atoms with E-state index < -0.39 is 12.5 Å². The van der Waals surface area contributed by atoms with E-state index in [9.17, 15) is 8.78 Å². The second-order valence-electron chi connectivity index (χ2n) is 3.28. The lowest BCUT2D eigenvalue weighted by molar-refractivity contribution is 0.130. The Hall–Kier alpha value is -0.640. The first-order chi connectivity index (χ1) is 6.49. The minimum Gasteiger partial charge on any atom is -0.377 e. The second kappa shape index (κ2) is 4.73. The molecule has 0 aliphatic carbocycles. The normalized spacial score (nSPS) is 13.0. The largest absolute Gasteiger partial charge is 0.377 e. The fraction of sp³-hybridized carbons (Fsp3) is 0.400. The first-order valence-electron chi connectivity index (χ1n) is 4.31. The number of nitrogens with one attached hydrogen (secondary N) is 1. The Morgan fingerprint density at radius 3 is 2.43 bits per heavy atom. The summed E-state index contributed by atoms with van der Waals surface area (Å²) in [6.45, 7) is 3.38. The lowest BCUT2D eigenvalue weighted by atomic mass is 10.2. The first-order valence-corrected chi connectivity index (χ1v) is 5.10. The van der Waals surface area contributed by atoms with Gasteiger partial charge in [0.15, 0.2) is 0 Å². The van der Waals surface area contributed by atoms with Crippen LogP contribution in [0.3, 0.4) is 0 Å². The molecule has 1 nitrogen and oxygen atoms in total. The minimum absolute atomic E-state index is 0.713. The Kier molecular flexibility index (Phi) is 3.86. The van der Waals surface area contributed by atoms with Crippen LogP contribution in [0.1, 0.15) is 12.5 Å². The molecule has 0 saturated carbocycles. The Morgan fingerprint density at radius 2 is 1.93 bits per heavy atom. The number of benzene rings is 1. The minimum atomic E-state index is -2.35. The summed E-state index contributed by atoms with van der Waals surface area (Å²) < 4.78 is 25.4. The number of rotatable bonds is 3. The van der Waals surface area contributed by atoms with Crippen LogP contribution in [-0.4, -0.2) is 12.5 Å². The van der Waals surface area contributed by atoms with Crippen LogP contribution in [0.15, 0.2) is 22.7 Å². The van der Waals surface area contributed by atoms with Crippen molar-refractivity contribution >= 4 is 21.6 Å². The fourth-order valence-corrected chi connectivity index (χ4v) is 1.75. The highest BCUT2D eigenvalue weighted by Gasteiger charge is 2.13. The average Bonchev–Trinajstić information content (AvgIpc) is 2.01. The van der Waals surface area contributed by atoms with Crippen molar-refractivity contribution in [3.05, 3.63) is 28.2 Å². The molecule has 1 atom stereocenters. The quantitative estimate of drug-likeness (QED) is 0.875. The molecule has 0 bridgehead atoms. The lowest BCUT2D eigenvalue weighted by Gasteiger charge is -2.14. The molecule has 0 aromatic heterocycles. The van der Waals surface area contributed by atoms with Crippen molar-refractivity contribution in [1.82, 2.24) is 0 Å². The van der Waals surface area contributed by atoms with Crippen molar-refractivity contribution in [2.75, 3.05) is 5.32 Å². The Labute approximate surface area is 90.6 Å². The topological polar surface area (TPSA) is 12.0 Å². The third-order valence-corrected chi connectivity index (χ3v) is 2.27. The molecule has 1 unspecified atom stereocenters. The summed E-state index contributed by atoms with van der Waals surface area (Å²) in [6.07, 6.45) is -2.35. The van der Waals surface area contributed by atoms with E-state index in [1.54, 1.807) is 6.07 Å². The molecule has 0 spiro atoms. The van der Waals surface area contributed by atoms with Gasteiger partial charge in [0.25, 0.3) is 6.43 Å². The van der Waals surface area contributed by atoms with Gasteiger partial charge in [-0.2, -0.15) is 0 Å². The molecule has 1 N–H and O–H groups in total. The smallest absolute Gasteiger partial charge is 0.258 e. The Bertz CT molecular complexity index is 295. The monoisotopic (exact) mass is 263 g/mol. The van der Waals surface area contributed by atoms with Gasteiger partial charge in [-0.1, -0.05) is 15.9 Å². The summed E-state index contributed by atoms with van der Waals surface area (Å²) in [5.41, 5.74) is 1.74. The van der Waals surface area contributed by atoms with Crippen LogP contribution in [0.25, 0.3) is 0 Å². The third kappa shape index (κ3) is 3.25. The van der Waals surface area contributed by atoms with Crippen LogP contribution >= 0.6 is 15.9 Å². The van der Waals surface area contributed by atoms with E-state index in [0.717, 1.165) is 10.0 Å². The predicted octanol–water partition coefficient (Wildman–Crippen LogP) is 3.82. The maximum atomic E-state index is 12.2. The van der Waals surface area contributed by atoms with Crippen molar-refractivity contribution in [1.29, 1.82) is 0 Å². The van der Waals surface area contributed by atoms with Gasteiger partial charge < -0.3 is 5.32 Å². The molecular weight excluding hydrogens is 252 g/mol. The molecule has 0 amide bonds. The summed E-state index contributed by atoms with van der Waals surface area (Å²) >= 11 is 3.31. The Morgan fingerprint density at radius 1 is 1.29 bits per heavy atom. The molecule has 4 heteroatoms. The van der Waals surface area contributed by atoms with E-state index in [1.807, 2.05) is 19.1 Å². The fourth-order valence-electron chi connectivity index (χ4n) is 1.15. The van der Waals surface area contributed by atoms with Gasteiger partial charge in [0.05, 0.1) is 6.04 Å². The summed E-state index contributed by atoms with van der Waals surface area (Å²) in [4.78, 5) is 0. The van der Waals surface area contributed by atoms with Gasteiger partial charge >= 0.3 is 0 Å². The number of hydrogen-bond acceptors (Lipinski definition) is 1. The molecule has 0 fully saturated rings.